The molecule has 2 aromatic rings. The maximum atomic E-state index is 14.6. The summed E-state index contributed by atoms with van der Waals surface area (Å²) < 4.78 is 29.5. The Morgan fingerprint density at radius 2 is 1.87 bits per heavy atom. The Balaban J connectivity index is 2.22. The number of aromatic nitrogens is 1. The van der Waals surface area contributed by atoms with Crippen molar-refractivity contribution in [1.82, 2.24) is 9.88 Å². The Bertz CT molecular complexity index is 959. The predicted octanol–water partition coefficient (Wildman–Crippen LogP) is 1.14. The molecule has 0 spiro atoms. The number of amides is 1. The van der Waals surface area contributed by atoms with E-state index in [-0.39, 0.29) is 5.69 Å². The van der Waals surface area contributed by atoms with E-state index in [9.17, 15) is 28.3 Å². The van der Waals surface area contributed by atoms with E-state index < -0.39 is 60.2 Å². The van der Waals surface area contributed by atoms with Gasteiger partial charge in [0, 0.05) is 24.0 Å². The SMILES string of the molecule is CC(C)[C@H](NC(=O)c1cc2cc(F)ccc2n1C)C(=O)C(F)C(O)C(N)CC(=O)O. The number of Topliss-reactive ketones (excluding diaryl/α,β-unsaturated/α-hetero) is 1. The molecule has 30 heavy (non-hydrogen) atoms. The van der Waals surface area contributed by atoms with Gasteiger partial charge in [-0.3, -0.25) is 14.4 Å². The van der Waals surface area contributed by atoms with E-state index in [2.05, 4.69) is 5.32 Å². The summed E-state index contributed by atoms with van der Waals surface area (Å²) in [4.78, 5) is 36.0. The molecule has 2 rings (SSSR count). The normalized spacial score (nSPS) is 15.6. The van der Waals surface area contributed by atoms with Crippen LogP contribution >= 0.6 is 0 Å². The number of aryl methyl sites for hydroxylation is 1. The molecule has 0 saturated heterocycles. The minimum absolute atomic E-state index is 0.132. The number of fused-ring (bicyclic) bond motifs is 1. The molecule has 1 aromatic carbocycles. The minimum atomic E-state index is -2.48. The summed E-state index contributed by atoms with van der Waals surface area (Å²) in [6.07, 6.45) is -5.24. The van der Waals surface area contributed by atoms with Crippen molar-refractivity contribution in [2.45, 2.75) is 44.6 Å². The zero-order valence-electron chi connectivity index (χ0n) is 16.8. The largest absolute Gasteiger partial charge is 0.481 e. The number of benzene rings is 1. The first-order chi connectivity index (χ1) is 13.9. The van der Waals surface area contributed by atoms with E-state index in [0.29, 0.717) is 10.9 Å². The molecule has 8 nitrogen and oxygen atoms in total. The minimum Gasteiger partial charge on any atom is -0.481 e. The van der Waals surface area contributed by atoms with Crippen molar-refractivity contribution >= 4 is 28.6 Å². The van der Waals surface area contributed by atoms with Crippen LogP contribution in [-0.4, -0.2) is 56.8 Å². The van der Waals surface area contributed by atoms with Gasteiger partial charge in [0.1, 0.15) is 17.6 Å². The summed E-state index contributed by atoms with van der Waals surface area (Å²) in [5.41, 5.74) is 6.18. The third-order valence-corrected chi connectivity index (χ3v) is 4.92. The second-order valence-electron chi connectivity index (χ2n) is 7.54. The van der Waals surface area contributed by atoms with Crippen molar-refractivity contribution in [3.05, 3.63) is 35.8 Å². The van der Waals surface area contributed by atoms with E-state index >= 15 is 0 Å². The lowest BCUT2D eigenvalue weighted by atomic mass is 9.92. The Morgan fingerprint density at radius 3 is 2.43 bits per heavy atom. The van der Waals surface area contributed by atoms with E-state index in [4.69, 9.17) is 10.8 Å². The van der Waals surface area contributed by atoms with Crippen LogP contribution in [0, 0.1) is 11.7 Å². The van der Waals surface area contributed by atoms with Crippen molar-refractivity contribution in [1.29, 1.82) is 0 Å². The van der Waals surface area contributed by atoms with Crippen molar-refractivity contribution < 1.29 is 33.4 Å². The smallest absolute Gasteiger partial charge is 0.305 e. The van der Waals surface area contributed by atoms with Gasteiger partial charge in [-0.2, -0.15) is 0 Å². The van der Waals surface area contributed by atoms with Gasteiger partial charge in [-0.05, 0) is 30.2 Å². The molecule has 0 aliphatic carbocycles. The van der Waals surface area contributed by atoms with Crippen LogP contribution in [0.15, 0.2) is 24.3 Å². The van der Waals surface area contributed by atoms with E-state index in [1.54, 1.807) is 20.9 Å². The summed E-state index contributed by atoms with van der Waals surface area (Å²) >= 11 is 0. The molecular formula is C20H25F2N3O5. The Labute approximate surface area is 171 Å². The maximum Gasteiger partial charge on any atom is 0.305 e. The van der Waals surface area contributed by atoms with Crippen LogP contribution in [0.2, 0.25) is 0 Å². The van der Waals surface area contributed by atoms with Gasteiger partial charge in [-0.1, -0.05) is 13.8 Å². The molecule has 0 radical (unpaired) electrons. The zero-order valence-corrected chi connectivity index (χ0v) is 16.8. The van der Waals surface area contributed by atoms with E-state index in [0.717, 1.165) is 0 Å². The number of aliphatic carboxylic acids is 1. The summed E-state index contributed by atoms with van der Waals surface area (Å²) in [5, 5.41) is 21.6. The highest BCUT2D eigenvalue weighted by Gasteiger charge is 2.38. The number of ketones is 1. The Hall–Kier alpha value is -2.85. The quantitative estimate of drug-likeness (QED) is 0.476. The van der Waals surface area contributed by atoms with Crippen LogP contribution in [-0.2, 0) is 16.6 Å². The molecule has 1 amide bonds. The summed E-state index contributed by atoms with van der Waals surface area (Å²) in [7, 11) is 1.59. The number of aliphatic hydroxyl groups excluding tert-OH is 1. The number of rotatable bonds is 9. The van der Waals surface area contributed by atoms with Crippen molar-refractivity contribution in [2.24, 2.45) is 18.7 Å². The number of nitrogens with zero attached hydrogens (tertiary/aromatic N) is 1. The van der Waals surface area contributed by atoms with Crippen LogP contribution in [0.4, 0.5) is 8.78 Å². The number of carbonyl (C=O) groups is 3. The van der Waals surface area contributed by atoms with Crippen LogP contribution in [0.3, 0.4) is 0 Å². The number of aliphatic hydroxyl groups is 1. The fourth-order valence-electron chi connectivity index (χ4n) is 3.20. The monoisotopic (exact) mass is 425 g/mol. The average molecular weight is 425 g/mol. The van der Waals surface area contributed by atoms with Crippen molar-refractivity contribution in [3.8, 4) is 0 Å². The molecule has 0 aliphatic heterocycles. The van der Waals surface area contributed by atoms with Crippen LogP contribution in [0.25, 0.3) is 10.9 Å². The number of carboxylic acid groups (broad SMARTS) is 1. The Morgan fingerprint density at radius 1 is 1.23 bits per heavy atom. The number of hydrogen-bond acceptors (Lipinski definition) is 5. The number of carboxylic acids is 1. The average Bonchev–Trinajstić information content (AvgIpc) is 2.99. The van der Waals surface area contributed by atoms with E-state index in [1.807, 2.05) is 0 Å². The molecule has 0 saturated carbocycles. The predicted molar refractivity (Wildman–Crippen MR) is 105 cm³/mol. The molecule has 1 heterocycles. The number of hydrogen-bond donors (Lipinski definition) is 4. The number of halogens is 2. The van der Waals surface area contributed by atoms with Crippen LogP contribution in [0.5, 0.6) is 0 Å². The molecule has 1 aromatic heterocycles. The number of carbonyl (C=O) groups excluding carboxylic acids is 2. The third kappa shape index (κ3) is 5.00. The van der Waals surface area contributed by atoms with Crippen LogP contribution < -0.4 is 11.1 Å². The second-order valence-corrected chi connectivity index (χ2v) is 7.54. The maximum absolute atomic E-state index is 14.6. The summed E-state index contributed by atoms with van der Waals surface area (Å²) in [6.45, 7) is 3.16. The third-order valence-electron chi connectivity index (χ3n) is 4.92. The highest BCUT2D eigenvalue weighted by Crippen LogP contribution is 2.21. The van der Waals surface area contributed by atoms with Gasteiger partial charge < -0.3 is 25.8 Å². The number of alkyl halides is 1. The fraction of sp³-hybridized carbons (Fsp3) is 0.450. The first kappa shape index (κ1) is 23.4. The molecule has 10 heteroatoms. The molecule has 0 aliphatic rings. The molecular weight excluding hydrogens is 400 g/mol. The summed E-state index contributed by atoms with van der Waals surface area (Å²) in [5.74, 6) is -4.15. The van der Waals surface area contributed by atoms with Gasteiger partial charge >= 0.3 is 5.97 Å². The lowest BCUT2D eigenvalue weighted by molar-refractivity contribution is -0.140. The molecule has 5 N–H and O–H groups in total. The molecule has 4 atom stereocenters. The van der Waals surface area contributed by atoms with Gasteiger partial charge in [0.2, 0.25) is 0 Å². The number of nitrogens with one attached hydrogen (secondary N) is 1. The first-order valence-electron chi connectivity index (χ1n) is 9.33. The van der Waals surface area contributed by atoms with Gasteiger partial charge in [-0.25, -0.2) is 8.78 Å². The first-order valence-corrected chi connectivity index (χ1v) is 9.33. The van der Waals surface area contributed by atoms with Gasteiger partial charge in [0.25, 0.3) is 5.91 Å². The highest BCUT2D eigenvalue weighted by atomic mass is 19.1. The van der Waals surface area contributed by atoms with Gasteiger partial charge in [0.15, 0.2) is 12.0 Å². The zero-order chi connectivity index (χ0) is 22.7. The number of nitrogens with two attached hydrogens (primary N) is 1. The highest BCUT2D eigenvalue weighted by molar-refractivity contribution is 6.01. The molecule has 0 fully saturated rings. The van der Waals surface area contributed by atoms with Crippen LogP contribution in [0.1, 0.15) is 30.8 Å². The van der Waals surface area contributed by atoms with E-state index in [1.165, 1.54) is 28.8 Å². The van der Waals surface area contributed by atoms with Gasteiger partial charge in [0.05, 0.1) is 12.5 Å². The second kappa shape index (κ2) is 9.31. The summed E-state index contributed by atoms with van der Waals surface area (Å²) in [6, 6.07) is 2.67. The molecule has 3 unspecified atom stereocenters. The van der Waals surface area contributed by atoms with Gasteiger partial charge in [-0.15, -0.1) is 0 Å². The molecule has 164 valence electrons. The van der Waals surface area contributed by atoms with Crippen molar-refractivity contribution in [2.75, 3.05) is 0 Å². The lowest BCUT2D eigenvalue weighted by Crippen LogP contribution is -2.53. The lowest BCUT2D eigenvalue weighted by Gasteiger charge is -2.26. The van der Waals surface area contributed by atoms with Crippen molar-refractivity contribution in [3.63, 3.8) is 0 Å². The fourth-order valence-corrected chi connectivity index (χ4v) is 3.20. The standard InChI is InChI=1S/C20H25F2N3O5/c1-9(2)17(19(29)16(22)18(28)12(23)8-15(26)27)24-20(30)14-7-10-6-11(21)4-5-13(10)25(14)3/h4-7,9,12,16-18,28H,8,23H2,1-3H3,(H,24,30)(H,26,27)/t12?,16?,17-,18?/m0/s1. The topological polar surface area (TPSA) is 135 Å². The Kier molecular flexibility index (Phi) is 7.27. The molecule has 0 bridgehead atoms.